The third-order valence-electron chi connectivity index (χ3n) is 4.06. The molecule has 1 saturated heterocycles. The molecule has 1 fully saturated rings. The highest BCUT2D eigenvalue weighted by Crippen LogP contribution is 2.33. The first-order valence-corrected chi connectivity index (χ1v) is 7.67. The Labute approximate surface area is 138 Å². The van der Waals surface area contributed by atoms with Gasteiger partial charge in [-0.05, 0) is 6.07 Å². The minimum absolute atomic E-state index is 0.0495. The molecule has 2 aromatic rings. The Bertz CT molecular complexity index is 722. The van der Waals surface area contributed by atoms with Crippen LogP contribution in [-0.2, 0) is 9.47 Å². The highest BCUT2D eigenvalue weighted by Gasteiger charge is 2.33. The summed E-state index contributed by atoms with van der Waals surface area (Å²) < 4.78 is 30.5. The zero-order valence-electron chi connectivity index (χ0n) is 13.5. The first kappa shape index (κ1) is 17.0. The molecule has 0 spiro atoms. The maximum absolute atomic E-state index is 14.4. The normalized spacial score (nSPS) is 23.9. The van der Waals surface area contributed by atoms with Gasteiger partial charge in [-0.2, -0.15) is 0 Å². The van der Waals surface area contributed by atoms with Gasteiger partial charge >= 0.3 is 0 Å². The zero-order valence-corrected chi connectivity index (χ0v) is 13.5. The molecule has 1 aliphatic rings. The van der Waals surface area contributed by atoms with E-state index in [-0.39, 0.29) is 17.1 Å². The van der Waals surface area contributed by atoms with E-state index in [1.54, 1.807) is 19.1 Å². The molecule has 0 saturated carbocycles. The van der Waals surface area contributed by atoms with Gasteiger partial charge in [-0.3, -0.25) is 4.98 Å². The number of fused-ring (bicyclic) bond motifs is 1. The van der Waals surface area contributed by atoms with Gasteiger partial charge in [-0.15, -0.1) is 0 Å². The lowest BCUT2D eigenvalue weighted by Gasteiger charge is -2.33. The number of nitrogens with two attached hydrogens (primary N) is 1. The van der Waals surface area contributed by atoms with Crippen LogP contribution in [0.4, 0.5) is 4.39 Å². The van der Waals surface area contributed by atoms with Gasteiger partial charge in [-0.1, -0.05) is 6.92 Å². The monoisotopic (exact) mass is 337 g/mol. The molecule has 7 nitrogen and oxygen atoms in total. The Balaban J connectivity index is 1.96. The van der Waals surface area contributed by atoms with Crippen LogP contribution in [0.2, 0.25) is 0 Å². The predicted molar refractivity (Wildman–Crippen MR) is 83.8 cm³/mol. The number of rotatable bonds is 4. The van der Waals surface area contributed by atoms with Gasteiger partial charge in [0.1, 0.15) is 11.3 Å². The van der Waals surface area contributed by atoms with E-state index in [4.69, 9.17) is 19.9 Å². The molecule has 1 aliphatic heterocycles. The molecule has 0 radical (unpaired) electrons. The van der Waals surface area contributed by atoms with Crippen molar-refractivity contribution in [1.82, 2.24) is 9.97 Å². The second-order valence-corrected chi connectivity index (χ2v) is 5.84. The van der Waals surface area contributed by atoms with E-state index >= 15 is 0 Å². The zero-order chi connectivity index (χ0) is 17.3. The van der Waals surface area contributed by atoms with Crippen LogP contribution < -0.4 is 10.5 Å². The number of ether oxygens (including phenoxy) is 3. The highest BCUT2D eigenvalue weighted by atomic mass is 19.1. The van der Waals surface area contributed by atoms with E-state index in [0.29, 0.717) is 24.6 Å². The van der Waals surface area contributed by atoms with Crippen molar-refractivity contribution in [3.63, 3.8) is 0 Å². The van der Waals surface area contributed by atoms with Crippen LogP contribution >= 0.6 is 0 Å². The molecule has 3 N–H and O–H groups in total. The minimum atomic E-state index is -1.19. The molecule has 8 heteroatoms. The number of aliphatic hydroxyl groups is 1. The predicted octanol–water partition coefficient (Wildman–Crippen LogP) is 1.15. The van der Waals surface area contributed by atoms with Crippen LogP contribution in [0.15, 0.2) is 18.3 Å². The van der Waals surface area contributed by atoms with Crippen LogP contribution in [0.5, 0.6) is 5.88 Å². The number of aliphatic hydroxyl groups excluding tert-OH is 1. The lowest BCUT2D eigenvalue weighted by Crippen LogP contribution is -2.44. The van der Waals surface area contributed by atoms with Crippen molar-refractivity contribution < 1.29 is 23.7 Å². The van der Waals surface area contributed by atoms with Crippen molar-refractivity contribution in [1.29, 1.82) is 0 Å². The Hall–Kier alpha value is -1.87. The van der Waals surface area contributed by atoms with Crippen molar-refractivity contribution >= 4 is 11.0 Å². The van der Waals surface area contributed by atoms with Gasteiger partial charge in [-0.25, -0.2) is 9.37 Å². The molecular weight excluding hydrogens is 317 g/mol. The van der Waals surface area contributed by atoms with E-state index in [0.717, 1.165) is 6.20 Å². The first-order chi connectivity index (χ1) is 11.5. The van der Waals surface area contributed by atoms with Gasteiger partial charge < -0.3 is 25.1 Å². The maximum Gasteiger partial charge on any atom is 0.213 e. The summed E-state index contributed by atoms with van der Waals surface area (Å²) in [7, 11) is 1.46. The average Bonchev–Trinajstić information content (AvgIpc) is 2.60. The molecule has 3 rings (SSSR count). The molecule has 0 amide bonds. The third-order valence-corrected chi connectivity index (χ3v) is 4.06. The Kier molecular flexibility index (Phi) is 4.91. The molecule has 3 heterocycles. The smallest absolute Gasteiger partial charge is 0.213 e. The van der Waals surface area contributed by atoms with Gasteiger partial charge in [0.25, 0.3) is 0 Å². The Morgan fingerprint density at radius 1 is 1.38 bits per heavy atom. The summed E-state index contributed by atoms with van der Waals surface area (Å²) in [5, 5.41) is 10.7. The van der Waals surface area contributed by atoms with Crippen LogP contribution in [0.3, 0.4) is 0 Å². The number of hydrogen-bond acceptors (Lipinski definition) is 7. The number of aromatic nitrogens is 2. The minimum Gasteiger partial charge on any atom is -0.481 e. The summed E-state index contributed by atoms with van der Waals surface area (Å²) in [4.78, 5) is 8.23. The molecule has 2 aromatic heterocycles. The topological polar surface area (TPSA) is 99.7 Å². The number of hydrogen-bond donors (Lipinski definition) is 2. The first-order valence-electron chi connectivity index (χ1n) is 7.67. The standard InChI is InChI=1S/C16H20FN3O4/c1-8(16-23-6-9(18)7-24-16)15(21)13-10(17)5-19-11-3-4-12(22-2)20-14(11)13/h3-5,8-9,15-16,21H,6-7,18H2,1-2H3/t8-,9-,15?,16-/m1/s1. The van der Waals surface area contributed by atoms with E-state index in [9.17, 15) is 9.50 Å². The fourth-order valence-corrected chi connectivity index (χ4v) is 2.69. The second kappa shape index (κ2) is 6.94. The van der Waals surface area contributed by atoms with Crippen LogP contribution in [0.25, 0.3) is 11.0 Å². The van der Waals surface area contributed by atoms with Crippen molar-refractivity contribution in [3.8, 4) is 5.88 Å². The second-order valence-electron chi connectivity index (χ2n) is 5.84. The van der Waals surface area contributed by atoms with E-state index in [1.807, 2.05) is 0 Å². The van der Waals surface area contributed by atoms with E-state index in [2.05, 4.69) is 9.97 Å². The summed E-state index contributed by atoms with van der Waals surface area (Å²) in [6.07, 6.45) is -0.789. The molecular formula is C16H20FN3O4. The number of pyridine rings is 2. The summed E-state index contributed by atoms with van der Waals surface area (Å²) in [6.45, 7) is 2.37. The fraction of sp³-hybridized carbons (Fsp3) is 0.500. The molecule has 1 unspecified atom stereocenters. The summed E-state index contributed by atoms with van der Waals surface area (Å²) >= 11 is 0. The Morgan fingerprint density at radius 3 is 2.75 bits per heavy atom. The maximum atomic E-state index is 14.4. The highest BCUT2D eigenvalue weighted by molar-refractivity contribution is 5.78. The molecule has 130 valence electrons. The van der Waals surface area contributed by atoms with Crippen molar-refractivity contribution in [3.05, 3.63) is 29.7 Å². The van der Waals surface area contributed by atoms with Crippen molar-refractivity contribution in [2.75, 3.05) is 20.3 Å². The fourth-order valence-electron chi connectivity index (χ4n) is 2.69. The van der Waals surface area contributed by atoms with Gasteiger partial charge in [0.15, 0.2) is 6.29 Å². The lowest BCUT2D eigenvalue weighted by atomic mass is 9.95. The van der Waals surface area contributed by atoms with Crippen molar-refractivity contribution in [2.45, 2.75) is 25.4 Å². The van der Waals surface area contributed by atoms with Crippen LogP contribution in [0.1, 0.15) is 18.6 Å². The molecule has 0 aromatic carbocycles. The number of halogens is 1. The molecule has 0 aliphatic carbocycles. The van der Waals surface area contributed by atoms with Crippen LogP contribution in [0, 0.1) is 11.7 Å². The Morgan fingerprint density at radius 2 is 2.08 bits per heavy atom. The van der Waals surface area contributed by atoms with Crippen LogP contribution in [-0.4, -0.2) is 47.7 Å². The van der Waals surface area contributed by atoms with Gasteiger partial charge in [0.2, 0.25) is 5.88 Å². The summed E-state index contributed by atoms with van der Waals surface area (Å²) in [6, 6.07) is 3.09. The van der Waals surface area contributed by atoms with Gasteiger partial charge in [0.05, 0.1) is 44.2 Å². The third kappa shape index (κ3) is 3.18. The van der Waals surface area contributed by atoms with E-state index in [1.165, 1.54) is 7.11 Å². The number of methoxy groups -OCH3 is 1. The summed E-state index contributed by atoms with van der Waals surface area (Å²) in [5.74, 6) is -0.854. The van der Waals surface area contributed by atoms with Gasteiger partial charge in [0, 0.05) is 17.5 Å². The largest absolute Gasteiger partial charge is 0.481 e. The quantitative estimate of drug-likeness (QED) is 0.863. The SMILES string of the molecule is COc1ccc2ncc(F)c(C(O)[C@@H](C)[C@H]3OC[C@H](N)CO3)c2n1. The lowest BCUT2D eigenvalue weighted by molar-refractivity contribution is -0.222. The van der Waals surface area contributed by atoms with E-state index < -0.39 is 24.1 Å². The average molecular weight is 337 g/mol. The number of nitrogens with zero attached hydrogens (tertiary/aromatic N) is 2. The summed E-state index contributed by atoms with van der Waals surface area (Å²) in [5.41, 5.74) is 6.47. The molecule has 2 atom stereocenters. The molecule has 0 bridgehead atoms. The van der Waals surface area contributed by atoms with Crippen molar-refractivity contribution in [2.24, 2.45) is 11.7 Å². The molecule has 24 heavy (non-hydrogen) atoms.